The Kier molecular flexibility index (Phi) is 6.92. The van der Waals surface area contributed by atoms with Crippen LogP contribution in [0.3, 0.4) is 0 Å². The van der Waals surface area contributed by atoms with Crippen LogP contribution in [0.15, 0.2) is 48.0 Å². The van der Waals surface area contributed by atoms with Crippen molar-refractivity contribution < 1.29 is 28.6 Å². The van der Waals surface area contributed by atoms with Crippen LogP contribution < -0.4 is 19.9 Å². The molecule has 0 atom stereocenters. The zero-order chi connectivity index (χ0) is 22.4. The van der Waals surface area contributed by atoms with Crippen molar-refractivity contribution in [3.63, 3.8) is 0 Å². The first-order valence-electron chi connectivity index (χ1n) is 9.93. The first kappa shape index (κ1) is 21.9. The standard InChI is InChI=1S/C23H24N2O6/c1-4-12-31-19-11-6-15(14-20(19)29-3)13-18-21(26)24-25(22(18)27)17-9-7-16(8-10-17)23(28)30-5-2/h6-11,13-14H,4-5,12H2,1-3H3,(H,24,26). The summed E-state index contributed by atoms with van der Waals surface area (Å²) < 4.78 is 15.9. The summed E-state index contributed by atoms with van der Waals surface area (Å²) in [4.78, 5) is 37.0. The van der Waals surface area contributed by atoms with Crippen LogP contribution in [0.25, 0.3) is 6.08 Å². The Balaban J connectivity index is 1.81. The molecule has 31 heavy (non-hydrogen) atoms. The summed E-state index contributed by atoms with van der Waals surface area (Å²) in [5.74, 6) is -0.368. The lowest BCUT2D eigenvalue weighted by molar-refractivity contribution is -0.117. The van der Waals surface area contributed by atoms with Crippen molar-refractivity contribution in [3.05, 3.63) is 59.2 Å². The van der Waals surface area contributed by atoms with Crippen LogP contribution in [0.2, 0.25) is 0 Å². The van der Waals surface area contributed by atoms with Crippen molar-refractivity contribution in [1.29, 1.82) is 0 Å². The van der Waals surface area contributed by atoms with Crippen LogP contribution in [-0.4, -0.2) is 38.1 Å². The van der Waals surface area contributed by atoms with E-state index in [0.29, 0.717) is 34.9 Å². The van der Waals surface area contributed by atoms with Gasteiger partial charge in [-0.3, -0.25) is 15.0 Å². The normalized spacial score (nSPS) is 14.5. The maximum absolute atomic E-state index is 12.8. The molecular formula is C23H24N2O6. The van der Waals surface area contributed by atoms with Gasteiger partial charge in [0.1, 0.15) is 5.57 Å². The minimum atomic E-state index is -0.523. The number of ether oxygens (including phenoxy) is 3. The number of nitrogens with zero attached hydrogens (tertiary/aromatic N) is 1. The second-order valence-corrected chi connectivity index (χ2v) is 6.67. The highest BCUT2D eigenvalue weighted by molar-refractivity contribution is 6.31. The highest BCUT2D eigenvalue weighted by atomic mass is 16.5. The lowest BCUT2D eigenvalue weighted by Crippen LogP contribution is -2.35. The third-order valence-electron chi connectivity index (χ3n) is 4.49. The number of nitrogens with one attached hydrogen (secondary N) is 1. The minimum absolute atomic E-state index is 0.0150. The number of amides is 2. The largest absolute Gasteiger partial charge is 0.493 e. The highest BCUT2D eigenvalue weighted by Crippen LogP contribution is 2.30. The topological polar surface area (TPSA) is 94.2 Å². The van der Waals surface area contributed by atoms with E-state index in [1.54, 1.807) is 37.3 Å². The van der Waals surface area contributed by atoms with E-state index >= 15 is 0 Å². The molecular weight excluding hydrogens is 400 g/mol. The molecule has 1 aliphatic rings. The smallest absolute Gasteiger partial charge is 0.338 e. The van der Waals surface area contributed by atoms with Gasteiger partial charge >= 0.3 is 5.97 Å². The van der Waals surface area contributed by atoms with E-state index in [1.807, 2.05) is 6.92 Å². The van der Waals surface area contributed by atoms with Gasteiger partial charge in [0.05, 0.1) is 31.6 Å². The van der Waals surface area contributed by atoms with Crippen molar-refractivity contribution in [2.24, 2.45) is 0 Å². The minimum Gasteiger partial charge on any atom is -0.493 e. The predicted molar refractivity (Wildman–Crippen MR) is 115 cm³/mol. The van der Waals surface area contributed by atoms with Crippen molar-refractivity contribution >= 4 is 29.5 Å². The van der Waals surface area contributed by atoms with Gasteiger partial charge in [0.15, 0.2) is 11.5 Å². The van der Waals surface area contributed by atoms with Crippen LogP contribution >= 0.6 is 0 Å². The Morgan fingerprint density at radius 2 is 1.81 bits per heavy atom. The van der Waals surface area contributed by atoms with Crippen molar-refractivity contribution in [2.45, 2.75) is 20.3 Å². The predicted octanol–water partition coefficient (Wildman–Crippen LogP) is 3.12. The number of hydrogen-bond acceptors (Lipinski definition) is 6. The Morgan fingerprint density at radius 1 is 1.06 bits per heavy atom. The summed E-state index contributed by atoms with van der Waals surface area (Å²) in [5, 5.41) is 1.14. The first-order valence-corrected chi connectivity index (χ1v) is 9.93. The molecule has 162 valence electrons. The van der Waals surface area contributed by atoms with E-state index in [9.17, 15) is 14.4 Å². The number of hydrogen-bond donors (Lipinski definition) is 1. The molecule has 0 aliphatic carbocycles. The lowest BCUT2D eigenvalue weighted by Gasteiger charge is -2.14. The van der Waals surface area contributed by atoms with Gasteiger partial charge in [0.2, 0.25) is 0 Å². The molecule has 0 aromatic heterocycles. The van der Waals surface area contributed by atoms with E-state index < -0.39 is 17.8 Å². The summed E-state index contributed by atoms with van der Waals surface area (Å²) >= 11 is 0. The molecule has 2 aromatic carbocycles. The Morgan fingerprint density at radius 3 is 2.45 bits per heavy atom. The molecule has 0 unspecified atom stereocenters. The van der Waals surface area contributed by atoms with Gasteiger partial charge in [0.25, 0.3) is 11.8 Å². The number of methoxy groups -OCH3 is 1. The zero-order valence-electron chi connectivity index (χ0n) is 17.6. The summed E-state index contributed by atoms with van der Waals surface area (Å²) in [7, 11) is 1.53. The molecule has 1 fully saturated rings. The van der Waals surface area contributed by atoms with E-state index in [2.05, 4.69) is 5.43 Å². The summed E-state index contributed by atoms with van der Waals surface area (Å²) in [6.45, 7) is 4.55. The lowest BCUT2D eigenvalue weighted by atomic mass is 10.1. The maximum Gasteiger partial charge on any atom is 0.338 e. The van der Waals surface area contributed by atoms with Crippen molar-refractivity contribution in [1.82, 2.24) is 5.43 Å². The van der Waals surface area contributed by atoms with Crippen molar-refractivity contribution in [2.75, 3.05) is 25.3 Å². The fourth-order valence-electron chi connectivity index (χ4n) is 2.97. The summed E-state index contributed by atoms with van der Waals surface area (Å²) in [5.41, 5.74) is 3.93. The SMILES string of the molecule is CCCOc1ccc(C=C2C(=O)NN(c3ccc(C(=O)OCC)cc3)C2=O)cc1OC. The van der Waals surface area contributed by atoms with Crippen LogP contribution in [0, 0.1) is 0 Å². The van der Waals surface area contributed by atoms with E-state index in [4.69, 9.17) is 14.2 Å². The number of carbonyl (C=O) groups excluding carboxylic acids is 3. The number of carbonyl (C=O) groups is 3. The van der Waals surface area contributed by atoms with Gasteiger partial charge in [-0.15, -0.1) is 0 Å². The number of benzene rings is 2. The summed E-state index contributed by atoms with van der Waals surface area (Å²) in [6, 6.07) is 11.4. The number of esters is 1. The van der Waals surface area contributed by atoms with Gasteiger partial charge in [-0.1, -0.05) is 13.0 Å². The molecule has 1 aliphatic heterocycles. The van der Waals surface area contributed by atoms with E-state index in [-0.39, 0.29) is 12.2 Å². The van der Waals surface area contributed by atoms with Crippen molar-refractivity contribution in [3.8, 4) is 11.5 Å². The highest BCUT2D eigenvalue weighted by Gasteiger charge is 2.34. The summed E-state index contributed by atoms with van der Waals surface area (Å²) in [6.07, 6.45) is 2.36. The molecule has 0 radical (unpaired) electrons. The van der Waals surface area contributed by atoms with Gasteiger partial charge in [-0.25, -0.2) is 9.80 Å². The third kappa shape index (κ3) is 4.85. The van der Waals surface area contributed by atoms with E-state index in [1.165, 1.54) is 25.3 Å². The average Bonchev–Trinajstić information content (AvgIpc) is 3.06. The molecule has 3 rings (SSSR count). The zero-order valence-corrected chi connectivity index (χ0v) is 17.6. The number of hydrazine groups is 1. The fraction of sp³-hybridized carbons (Fsp3) is 0.261. The van der Waals surface area contributed by atoms with Crippen LogP contribution in [0.1, 0.15) is 36.2 Å². The molecule has 2 amide bonds. The number of anilines is 1. The maximum atomic E-state index is 12.8. The Labute approximate surface area is 180 Å². The molecule has 1 N–H and O–H groups in total. The Hall–Kier alpha value is -3.81. The fourth-order valence-corrected chi connectivity index (χ4v) is 2.97. The first-order chi connectivity index (χ1) is 15.0. The molecule has 8 nitrogen and oxygen atoms in total. The molecule has 8 heteroatoms. The van der Waals surface area contributed by atoms with Crippen LogP contribution in [0.5, 0.6) is 11.5 Å². The molecule has 0 spiro atoms. The molecule has 1 saturated heterocycles. The van der Waals surface area contributed by atoms with Crippen LogP contribution in [0.4, 0.5) is 5.69 Å². The molecule has 0 bridgehead atoms. The second kappa shape index (κ2) is 9.80. The second-order valence-electron chi connectivity index (χ2n) is 6.67. The van der Waals surface area contributed by atoms with Crippen LogP contribution in [-0.2, 0) is 14.3 Å². The van der Waals surface area contributed by atoms with Gasteiger partial charge in [0, 0.05) is 0 Å². The van der Waals surface area contributed by atoms with E-state index in [0.717, 1.165) is 11.4 Å². The van der Waals surface area contributed by atoms with Gasteiger partial charge in [-0.05, 0) is 61.4 Å². The number of rotatable bonds is 8. The molecule has 1 heterocycles. The monoisotopic (exact) mass is 424 g/mol. The molecule has 2 aromatic rings. The Bertz CT molecular complexity index is 1010. The van der Waals surface area contributed by atoms with Gasteiger partial charge < -0.3 is 14.2 Å². The van der Waals surface area contributed by atoms with Gasteiger partial charge in [-0.2, -0.15) is 0 Å². The quantitative estimate of drug-likeness (QED) is 0.398. The average molecular weight is 424 g/mol. The third-order valence-corrected chi connectivity index (χ3v) is 4.49. The molecule has 0 saturated carbocycles.